The average molecular weight is 271 g/mol. The lowest BCUT2D eigenvalue weighted by molar-refractivity contribution is -0.148. The van der Waals surface area contributed by atoms with E-state index in [-0.39, 0.29) is 23.0 Å². The van der Waals surface area contributed by atoms with Crippen LogP contribution in [0.15, 0.2) is 0 Å². The molecule has 2 aliphatic rings. The second-order valence-electron chi connectivity index (χ2n) is 5.00. The van der Waals surface area contributed by atoms with Crippen molar-refractivity contribution in [3.05, 3.63) is 0 Å². The number of esters is 1. The maximum absolute atomic E-state index is 12.4. The average Bonchev–Trinajstić information content (AvgIpc) is 2.46. The summed E-state index contributed by atoms with van der Waals surface area (Å²) in [5, 5.41) is 0.121. The highest BCUT2D eigenvalue weighted by Crippen LogP contribution is 2.28. The van der Waals surface area contributed by atoms with Crippen LogP contribution in [0.2, 0.25) is 0 Å². The molecular formula is C13H21NO3S. The Kier molecular flexibility index (Phi) is 4.92. The number of likely N-dealkylation sites (tertiary alicyclic amines) is 1. The molecular weight excluding hydrogens is 250 g/mol. The van der Waals surface area contributed by atoms with Gasteiger partial charge >= 0.3 is 5.97 Å². The number of hydrogen-bond donors (Lipinski definition) is 0. The maximum atomic E-state index is 12.4. The maximum Gasteiger partial charge on any atom is 0.310 e. The quantitative estimate of drug-likeness (QED) is 0.717. The van der Waals surface area contributed by atoms with Gasteiger partial charge in [-0.3, -0.25) is 9.59 Å². The Morgan fingerprint density at radius 2 is 2.06 bits per heavy atom. The minimum Gasteiger partial charge on any atom is -0.469 e. The van der Waals surface area contributed by atoms with E-state index in [0.717, 1.165) is 38.0 Å². The van der Waals surface area contributed by atoms with Crippen LogP contribution in [0.25, 0.3) is 0 Å². The standard InChI is InChI=1S/C13H21NO3S/c1-17-13(16)10-5-4-7-14(9-10)12(15)11-6-2-3-8-18-11/h10-11H,2-9H2,1H3/t10-,11?/m0/s1. The third-order valence-electron chi connectivity index (χ3n) is 3.72. The summed E-state index contributed by atoms with van der Waals surface area (Å²) in [5.41, 5.74) is 0. The van der Waals surface area contributed by atoms with Gasteiger partial charge in [0.25, 0.3) is 0 Å². The highest BCUT2D eigenvalue weighted by molar-refractivity contribution is 8.00. The van der Waals surface area contributed by atoms with Gasteiger partial charge in [-0.2, -0.15) is 0 Å². The first-order chi connectivity index (χ1) is 8.72. The Morgan fingerprint density at radius 1 is 1.22 bits per heavy atom. The summed E-state index contributed by atoms with van der Waals surface area (Å²) in [6.45, 7) is 1.34. The lowest BCUT2D eigenvalue weighted by atomic mass is 9.97. The number of carbonyl (C=O) groups excluding carboxylic acids is 2. The molecule has 0 spiro atoms. The molecule has 2 heterocycles. The number of nitrogens with zero attached hydrogens (tertiary/aromatic N) is 1. The smallest absolute Gasteiger partial charge is 0.310 e. The molecule has 1 amide bonds. The van der Waals surface area contributed by atoms with Crippen LogP contribution < -0.4 is 0 Å². The van der Waals surface area contributed by atoms with E-state index in [1.54, 1.807) is 11.8 Å². The van der Waals surface area contributed by atoms with Crippen LogP contribution in [0.1, 0.15) is 32.1 Å². The number of amides is 1. The Hall–Kier alpha value is -0.710. The summed E-state index contributed by atoms with van der Waals surface area (Å²) in [6, 6.07) is 0. The zero-order chi connectivity index (χ0) is 13.0. The molecule has 2 fully saturated rings. The van der Waals surface area contributed by atoms with Gasteiger partial charge < -0.3 is 9.64 Å². The lowest BCUT2D eigenvalue weighted by Gasteiger charge is -2.34. The van der Waals surface area contributed by atoms with E-state index in [1.165, 1.54) is 13.5 Å². The Labute approximate surface area is 112 Å². The van der Waals surface area contributed by atoms with Crippen LogP contribution in [0.4, 0.5) is 0 Å². The van der Waals surface area contributed by atoms with Crippen molar-refractivity contribution < 1.29 is 14.3 Å². The van der Waals surface area contributed by atoms with Crippen LogP contribution in [-0.4, -0.2) is 48.0 Å². The number of hydrogen-bond acceptors (Lipinski definition) is 4. The van der Waals surface area contributed by atoms with E-state index >= 15 is 0 Å². The van der Waals surface area contributed by atoms with Crippen LogP contribution in [0.3, 0.4) is 0 Å². The SMILES string of the molecule is COC(=O)[C@H]1CCCN(C(=O)C2CCCCS2)C1. The molecule has 0 radical (unpaired) electrons. The first-order valence-electron chi connectivity index (χ1n) is 6.70. The fraction of sp³-hybridized carbons (Fsp3) is 0.846. The van der Waals surface area contributed by atoms with Crippen molar-refractivity contribution in [1.29, 1.82) is 0 Å². The van der Waals surface area contributed by atoms with Gasteiger partial charge in [0.15, 0.2) is 0 Å². The molecule has 2 rings (SSSR count). The third-order valence-corrected chi connectivity index (χ3v) is 5.09. The van der Waals surface area contributed by atoms with Crippen LogP contribution in [0.5, 0.6) is 0 Å². The van der Waals surface area contributed by atoms with E-state index in [1.807, 2.05) is 4.90 Å². The molecule has 18 heavy (non-hydrogen) atoms. The van der Waals surface area contributed by atoms with Gasteiger partial charge in [0.05, 0.1) is 18.3 Å². The van der Waals surface area contributed by atoms with E-state index < -0.39 is 0 Å². The Morgan fingerprint density at radius 3 is 2.72 bits per heavy atom. The molecule has 4 nitrogen and oxygen atoms in total. The van der Waals surface area contributed by atoms with Crippen LogP contribution in [0, 0.1) is 5.92 Å². The van der Waals surface area contributed by atoms with Crippen molar-refractivity contribution in [1.82, 2.24) is 4.90 Å². The third kappa shape index (κ3) is 3.19. The number of thioether (sulfide) groups is 1. The number of rotatable bonds is 2. The van der Waals surface area contributed by atoms with Crippen molar-refractivity contribution in [2.45, 2.75) is 37.4 Å². The summed E-state index contributed by atoms with van der Waals surface area (Å²) in [7, 11) is 1.42. The van der Waals surface area contributed by atoms with Gasteiger partial charge in [-0.25, -0.2) is 0 Å². The van der Waals surface area contributed by atoms with Gasteiger partial charge in [0.2, 0.25) is 5.91 Å². The molecule has 0 saturated carbocycles. The minimum absolute atomic E-state index is 0.121. The molecule has 5 heteroatoms. The number of methoxy groups -OCH3 is 1. The summed E-state index contributed by atoms with van der Waals surface area (Å²) in [4.78, 5) is 25.8. The predicted octanol–water partition coefficient (Wildman–Crippen LogP) is 1.68. The van der Waals surface area contributed by atoms with Crippen molar-refractivity contribution in [2.75, 3.05) is 26.0 Å². The van der Waals surface area contributed by atoms with Gasteiger partial charge in [0, 0.05) is 13.1 Å². The highest BCUT2D eigenvalue weighted by Gasteiger charge is 2.32. The molecule has 0 bridgehead atoms. The van der Waals surface area contributed by atoms with E-state index in [2.05, 4.69) is 0 Å². The molecule has 2 aliphatic heterocycles. The largest absolute Gasteiger partial charge is 0.469 e. The Balaban J connectivity index is 1.91. The topological polar surface area (TPSA) is 46.6 Å². The molecule has 2 saturated heterocycles. The molecule has 0 aromatic rings. The fourth-order valence-corrected chi connectivity index (χ4v) is 3.96. The van der Waals surface area contributed by atoms with E-state index in [4.69, 9.17) is 4.74 Å². The molecule has 102 valence electrons. The molecule has 0 N–H and O–H groups in total. The summed E-state index contributed by atoms with van der Waals surface area (Å²) >= 11 is 1.77. The summed E-state index contributed by atoms with van der Waals surface area (Å²) in [5.74, 6) is 1.02. The predicted molar refractivity (Wildman–Crippen MR) is 71.4 cm³/mol. The van der Waals surface area contributed by atoms with Gasteiger partial charge in [-0.15, -0.1) is 11.8 Å². The van der Waals surface area contributed by atoms with Crippen LogP contribution in [-0.2, 0) is 14.3 Å². The normalized spacial score (nSPS) is 28.8. The molecule has 0 aromatic carbocycles. The first kappa shape index (κ1) is 13.7. The second kappa shape index (κ2) is 6.45. The highest BCUT2D eigenvalue weighted by atomic mass is 32.2. The lowest BCUT2D eigenvalue weighted by Crippen LogP contribution is -2.46. The van der Waals surface area contributed by atoms with E-state index in [9.17, 15) is 9.59 Å². The molecule has 1 unspecified atom stereocenters. The van der Waals surface area contributed by atoms with E-state index in [0.29, 0.717) is 6.54 Å². The van der Waals surface area contributed by atoms with Gasteiger partial charge in [-0.05, 0) is 31.4 Å². The zero-order valence-electron chi connectivity index (χ0n) is 10.9. The number of carbonyl (C=O) groups is 2. The van der Waals surface area contributed by atoms with Crippen LogP contribution >= 0.6 is 11.8 Å². The Bertz CT molecular complexity index is 315. The molecule has 2 atom stereocenters. The van der Waals surface area contributed by atoms with Crippen molar-refractivity contribution in [3.8, 4) is 0 Å². The van der Waals surface area contributed by atoms with Gasteiger partial charge in [0.1, 0.15) is 0 Å². The number of ether oxygens (including phenoxy) is 1. The second-order valence-corrected chi connectivity index (χ2v) is 6.31. The van der Waals surface area contributed by atoms with Crippen molar-refractivity contribution >= 4 is 23.6 Å². The molecule has 0 aliphatic carbocycles. The minimum atomic E-state index is -0.177. The monoisotopic (exact) mass is 271 g/mol. The summed E-state index contributed by atoms with van der Waals surface area (Å²) in [6.07, 6.45) is 5.11. The summed E-state index contributed by atoms with van der Waals surface area (Å²) < 4.78 is 4.78. The fourth-order valence-electron chi connectivity index (χ4n) is 2.68. The van der Waals surface area contributed by atoms with Crippen molar-refractivity contribution in [3.63, 3.8) is 0 Å². The zero-order valence-corrected chi connectivity index (χ0v) is 11.7. The van der Waals surface area contributed by atoms with Gasteiger partial charge in [-0.1, -0.05) is 6.42 Å². The van der Waals surface area contributed by atoms with Crippen molar-refractivity contribution in [2.24, 2.45) is 5.92 Å². The first-order valence-corrected chi connectivity index (χ1v) is 7.75. The number of piperidine rings is 1. The molecule has 0 aromatic heterocycles.